The van der Waals surface area contributed by atoms with Gasteiger partial charge in [-0.2, -0.15) is 0 Å². The Morgan fingerprint density at radius 2 is 1.80 bits per heavy atom. The normalized spacial score (nSPS) is 11.5. The summed E-state index contributed by atoms with van der Waals surface area (Å²) in [7, 11) is 0. The third-order valence-corrected chi connectivity index (χ3v) is 2.44. The first-order chi connectivity index (χ1) is 6.73. The van der Waals surface area contributed by atoms with Crippen molar-refractivity contribution in [1.29, 1.82) is 0 Å². The number of aryl methyl sites for hydroxylation is 1. The fourth-order valence-electron chi connectivity index (χ4n) is 1.62. The van der Waals surface area contributed by atoms with E-state index in [0.29, 0.717) is 5.56 Å². The van der Waals surface area contributed by atoms with Gasteiger partial charge in [0.1, 0.15) is 5.75 Å². The molecule has 0 unspecified atom stereocenters. The number of aromatic hydroxyl groups is 1. The van der Waals surface area contributed by atoms with Gasteiger partial charge in [-0.1, -0.05) is 26.8 Å². The monoisotopic (exact) mass is 206 g/mol. The molecule has 0 atom stereocenters. The van der Waals surface area contributed by atoms with Crippen LogP contribution in [0.15, 0.2) is 12.1 Å². The summed E-state index contributed by atoms with van der Waals surface area (Å²) in [6.45, 7) is 9.46. The van der Waals surface area contributed by atoms with Gasteiger partial charge >= 0.3 is 0 Å². The van der Waals surface area contributed by atoms with E-state index in [1.165, 1.54) is 6.92 Å². The molecule has 2 nitrogen and oxygen atoms in total. The minimum atomic E-state index is -0.152. The van der Waals surface area contributed by atoms with E-state index in [1.807, 2.05) is 33.8 Å². The highest BCUT2D eigenvalue weighted by molar-refractivity contribution is 5.97. The van der Waals surface area contributed by atoms with E-state index in [1.54, 1.807) is 6.07 Å². The summed E-state index contributed by atoms with van der Waals surface area (Å²) in [5.41, 5.74) is 2.09. The smallest absolute Gasteiger partial charge is 0.163 e. The maximum absolute atomic E-state index is 11.3. The predicted octanol–water partition coefficient (Wildman–Crippen LogP) is 3.20. The molecule has 15 heavy (non-hydrogen) atoms. The number of carbonyl (C=O) groups excluding carboxylic acids is 1. The number of benzene rings is 1. The zero-order chi connectivity index (χ0) is 11.8. The van der Waals surface area contributed by atoms with Crippen molar-refractivity contribution in [2.45, 2.75) is 40.0 Å². The number of phenols is 1. The van der Waals surface area contributed by atoms with Gasteiger partial charge in [-0.3, -0.25) is 4.79 Å². The number of rotatable bonds is 1. The van der Waals surface area contributed by atoms with Crippen LogP contribution in [-0.4, -0.2) is 10.9 Å². The highest BCUT2D eigenvalue weighted by atomic mass is 16.3. The fraction of sp³-hybridized carbons (Fsp3) is 0.462. The second-order valence-corrected chi connectivity index (χ2v) is 5.01. The highest BCUT2D eigenvalue weighted by Gasteiger charge is 2.21. The Morgan fingerprint density at radius 1 is 1.27 bits per heavy atom. The summed E-state index contributed by atoms with van der Waals surface area (Å²) >= 11 is 0. The Kier molecular flexibility index (Phi) is 2.89. The Morgan fingerprint density at radius 3 is 2.20 bits per heavy atom. The average molecular weight is 206 g/mol. The average Bonchev–Trinajstić information content (AvgIpc) is 2.06. The molecule has 0 bridgehead atoms. The lowest BCUT2D eigenvalue weighted by Gasteiger charge is -2.22. The van der Waals surface area contributed by atoms with Gasteiger partial charge in [-0.05, 0) is 30.9 Å². The van der Waals surface area contributed by atoms with E-state index in [2.05, 4.69) is 0 Å². The zero-order valence-corrected chi connectivity index (χ0v) is 10.0. The minimum Gasteiger partial charge on any atom is -0.507 e. The maximum Gasteiger partial charge on any atom is 0.163 e. The Labute approximate surface area is 90.9 Å². The first kappa shape index (κ1) is 11.8. The molecule has 0 saturated carbocycles. The van der Waals surface area contributed by atoms with Crippen LogP contribution in [0.5, 0.6) is 5.75 Å². The minimum absolute atomic E-state index is 0.0956. The third-order valence-electron chi connectivity index (χ3n) is 2.44. The van der Waals surface area contributed by atoms with Gasteiger partial charge in [0.15, 0.2) is 5.78 Å². The Bertz CT molecular complexity index is 398. The molecule has 0 aliphatic rings. The van der Waals surface area contributed by atoms with Crippen molar-refractivity contribution < 1.29 is 9.90 Å². The van der Waals surface area contributed by atoms with E-state index < -0.39 is 0 Å². The molecule has 0 aliphatic carbocycles. The molecule has 0 aliphatic heterocycles. The molecular weight excluding hydrogens is 188 g/mol. The Hall–Kier alpha value is -1.31. The number of Topliss-reactive ketones (excluding diaryl/α,β-unsaturated/α-hetero) is 1. The Balaban J connectivity index is 3.49. The van der Waals surface area contributed by atoms with Crippen LogP contribution >= 0.6 is 0 Å². The number of carbonyl (C=O) groups is 1. The summed E-state index contributed by atoms with van der Waals surface area (Å²) in [5.74, 6) is 0.0299. The lowest BCUT2D eigenvalue weighted by Crippen LogP contribution is -2.13. The highest BCUT2D eigenvalue weighted by Crippen LogP contribution is 2.34. The van der Waals surface area contributed by atoms with Crippen LogP contribution in [-0.2, 0) is 5.41 Å². The molecule has 82 valence electrons. The van der Waals surface area contributed by atoms with Crippen molar-refractivity contribution >= 4 is 5.78 Å². The van der Waals surface area contributed by atoms with Gasteiger partial charge in [0.05, 0.1) is 5.56 Å². The van der Waals surface area contributed by atoms with Crippen molar-refractivity contribution in [2.75, 3.05) is 0 Å². The fourth-order valence-corrected chi connectivity index (χ4v) is 1.62. The van der Waals surface area contributed by atoms with Gasteiger partial charge in [0, 0.05) is 5.56 Å². The third kappa shape index (κ3) is 2.38. The van der Waals surface area contributed by atoms with Gasteiger partial charge in [-0.15, -0.1) is 0 Å². The molecule has 0 spiro atoms. The molecule has 1 N–H and O–H groups in total. The number of hydrogen-bond donors (Lipinski definition) is 1. The van der Waals surface area contributed by atoms with Crippen LogP contribution in [0.1, 0.15) is 49.2 Å². The van der Waals surface area contributed by atoms with Crippen LogP contribution in [0.25, 0.3) is 0 Å². The van der Waals surface area contributed by atoms with Crippen LogP contribution in [0.3, 0.4) is 0 Å². The van der Waals surface area contributed by atoms with Crippen molar-refractivity contribution in [2.24, 2.45) is 0 Å². The second-order valence-electron chi connectivity index (χ2n) is 5.01. The van der Waals surface area contributed by atoms with E-state index >= 15 is 0 Å². The molecule has 0 fully saturated rings. The molecule has 0 radical (unpaired) electrons. The molecule has 2 heteroatoms. The zero-order valence-electron chi connectivity index (χ0n) is 10.0. The maximum atomic E-state index is 11.3. The predicted molar refractivity (Wildman–Crippen MR) is 61.5 cm³/mol. The standard InChI is InChI=1S/C13H18O2/c1-8-6-10(9(2)14)12(15)11(7-8)13(3,4)5/h6-7,15H,1-5H3. The van der Waals surface area contributed by atoms with Crippen molar-refractivity contribution in [1.82, 2.24) is 0 Å². The van der Waals surface area contributed by atoms with Crippen LogP contribution < -0.4 is 0 Å². The first-order valence-corrected chi connectivity index (χ1v) is 5.08. The first-order valence-electron chi connectivity index (χ1n) is 5.08. The quantitative estimate of drug-likeness (QED) is 0.716. The van der Waals surface area contributed by atoms with Gasteiger partial charge in [-0.25, -0.2) is 0 Å². The summed E-state index contributed by atoms with van der Waals surface area (Å²) in [6, 6.07) is 3.66. The number of hydrogen-bond acceptors (Lipinski definition) is 2. The molecule has 0 amide bonds. The molecule has 0 heterocycles. The summed E-state index contributed by atoms with van der Waals surface area (Å²) in [6.07, 6.45) is 0. The van der Waals surface area contributed by atoms with Gasteiger partial charge in [0.2, 0.25) is 0 Å². The number of ketones is 1. The molecular formula is C13H18O2. The molecule has 1 aromatic carbocycles. The summed E-state index contributed by atoms with van der Waals surface area (Å²) in [5, 5.41) is 10.00. The van der Waals surface area contributed by atoms with Crippen molar-refractivity contribution in [3.05, 3.63) is 28.8 Å². The van der Waals surface area contributed by atoms with Gasteiger partial charge < -0.3 is 5.11 Å². The number of phenolic OH excluding ortho intramolecular Hbond substituents is 1. The van der Waals surface area contributed by atoms with Gasteiger partial charge in [0.25, 0.3) is 0 Å². The summed E-state index contributed by atoms with van der Waals surface area (Å²) < 4.78 is 0. The van der Waals surface area contributed by atoms with Crippen LogP contribution in [0.4, 0.5) is 0 Å². The van der Waals surface area contributed by atoms with Crippen molar-refractivity contribution in [3.8, 4) is 5.75 Å². The summed E-state index contributed by atoms with van der Waals surface area (Å²) in [4.78, 5) is 11.3. The van der Waals surface area contributed by atoms with E-state index in [0.717, 1.165) is 11.1 Å². The molecule has 1 aromatic rings. The topological polar surface area (TPSA) is 37.3 Å². The lowest BCUT2D eigenvalue weighted by atomic mass is 9.84. The van der Waals surface area contributed by atoms with E-state index in [-0.39, 0.29) is 16.9 Å². The molecule has 0 saturated heterocycles. The molecule has 0 aromatic heterocycles. The van der Waals surface area contributed by atoms with Crippen molar-refractivity contribution in [3.63, 3.8) is 0 Å². The SMILES string of the molecule is CC(=O)c1cc(C)cc(C(C)(C)C)c1O. The second kappa shape index (κ2) is 3.69. The largest absolute Gasteiger partial charge is 0.507 e. The van der Waals surface area contributed by atoms with E-state index in [9.17, 15) is 9.90 Å². The van der Waals surface area contributed by atoms with Crippen LogP contribution in [0.2, 0.25) is 0 Å². The van der Waals surface area contributed by atoms with E-state index in [4.69, 9.17) is 0 Å². The van der Waals surface area contributed by atoms with Crippen LogP contribution in [0, 0.1) is 6.92 Å². The lowest BCUT2D eigenvalue weighted by molar-refractivity contribution is 0.101. The molecule has 1 rings (SSSR count).